The quantitative estimate of drug-likeness (QED) is 0.396. The number of hydrogen-bond donors (Lipinski definition) is 2. The molecule has 0 saturated carbocycles. The van der Waals surface area contributed by atoms with Gasteiger partial charge < -0.3 is 14.4 Å². The number of rotatable bonds is 9. The fourth-order valence-electron chi connectivity index (χ4n) is 4.09. The Bertz CT molecular complexity index is 1420. The molecule has 0 bridgehead atoms. The zero-order chi connectivity index (χ0) is 27.5. The molecule has 3 rings (SSSR count). The number of alkyl halides is 3. The smallest absolute Gasteiger partial charge is 0.383 e. The third kappa shape index (κ3) is 6.67. The van der Waals surface area contributed by atoms with Crippen LogP contribution in [0.5, 0.6) is 0 Å². The van der Waals surface area contributed by atoms with E-state index in [1.165, 1.54) is 37.6 Å². The molecule has 11 heteroatoms. The van der Waals surface area contributed by atoms with Gasteiger partial charge >= 0.3 is 6.18 Å². The lowest BCUT2D eigenvalue weighted by molar-refractivity contribution is -0.137. The van der Waals surface area contributed by atoms with Crippen molar-refractivity contribution in [2.75, 3.05) is 20.0 Å². The minimum atomic E-state index is -4.59. The molecule has 0 aliphatic heterocycles. The lowest BCUT2D eigenvalue weighted by atomic mass is 9.98. The van der Waals surface area contributed by atoms with E-state index >= 15 is 0 Å². The van der Waals surface area contributed by atoms with Crippen LogP contribution in [-0.2, 0) is 27.3 Å². The van der Waals surface area contributed by atoms with Crippen LogP contribution >= 0.6 is 0 Å². The Morgan fingerprint density at radius 3 is 2.35 bits per heavy atom. The SMILES string of the molecule is COC[C@H](C)n1cc(C(O)NCc2ccc(S(C)(=O)=O)cc2)c(=O)c(-c2cccc(C(F)(F)F)c2)c1C. The predicted molar refractivity (Wildman–Crippen MR) is 134 cm³/mol. The fraction of sp³-hybridized carbons (Fsp3) is 0.346. The molecule has 2 aromatic carbocycles. The summed E-state index contributed by atoms with van der Waals surface area (Å²) in [5.41, 5.74) is -0.322. The summed E-state index contributed by atoms with van der Waals surface area (Å²) in [6.07, 6.45) is -3.47. The van der Waals surface area contributed by atoms with Crippen LogP contribution < -0.4 is 10.7 Å². The summed E-state index contributed by atoms with van der Waals surface area (Å²) >= 11 is 0. The van der Waals surface area contributed by atoms with Gasteiger partial charge in [0.05, 0.1) is 28.7 Å². The van der Waals surface area contributed by atoms with Crippen molar-refractivity contribution in [3.8, 4) is 11.1 Å². The predicted octanol–water partition coefficient (Wildman–Crippen LogP) is 4.23. The van der Waals surface area contributed by atoms with Gasteiger partial charge in [-0.3, -0.25) is 10.1 Å². The Kier molecular flexibility index (Phi) is 8.63. The Morgan fingerprint density at radius 1 is 1.14 bits per heavy atom. The Morgan fingerprint density at radius 2 is 1.78 bits per heavy atom. The van der Waals surface area contributed by atoms with Crippen molar-refractivity contribution in [3.63, 3.8) is 0 Å². The van der Waals surface area contributed by atoms with Gasteiger partial charge in [0.1, 0.15) is 6.23 Å². The second kappa shape index (κ2) is 11.2. The van der Waals surface area contributed by atoms with Crippen molar-refractivity contribution in [1.82, 2.24) is 9.88 Å². The summed E-state index contributed by atoms with van der Waals surface area (Å²) in [5.74, 6) is 0. The van der Waals surface area contributed by atoms with Gasteiger partial charge in [-0.2, -0.15) is 13.2 Å². The number of ether oxygens (including phenoxy) is 1. The van der Waals surface area contributed by atoms with E-state index < -0.39 is 33.2 Å². The van der Waals surface area contributed by atoms with Crippen molar-refractivity contribution in [2.45, 2.75) is 43.7 Å². The van der Waals surface area contributed by atoms with Crippen LogP contribution in [0.1, 0.15) is 41.6 Å². The number of sulfone groups is 1. The maximum atomic E-state index is 13.5. The second-order valence-corrected chi connectivity index (χ2v) is 10.9. The topological polar surface area (TPSA) is 97.6 Å². The number of aromatic nitrogens is 1. The summed E-state index contributed by atoms with van der Waals surface area (Å²) in [7, 11) is -1.85. The number of halogens is 3. The third-order valence-electron chi connectivity index (χ3n) is 6.02. The summed E-state index contributed by atoms with van der Waals surface area (Å²) in [6, 6.07) is 10.3. The molecule has 1 aromatic heterocycles. The number of aliphatic hydroxyl groups excluding tert-OH is 1. The van der Waals surface area contributed by atoms with Crippen molar-refractivity contribution in [1.29, 1.82) is 0 Å². The first-order chi connectivity index (χ1) is 17.2. The first-order valence-corrected chi connectivity index (χ1v) is 13.3. The maximum Gasteiger partial charge on any atom is 0.416 e. The highest BCUT2D eigenvalue weighted by atomic mass is 32.2. The summed E-state index contributed by atoms with van der Waals surface area (Å²) in [4.78, 5) is 13.6. The highest BCUT2D eigenvalue weighted by Crippen LogP contribution is 2.33. The molecule has 2 atom stereocenters. The second-order valence-electron chi connectivity index (χ2n) is 8.86. The first-order valence-electron chi connectivity index (χ1n) is 11.4. The van der Waals surface area contributed by atoms with Crippen LogP contribution in [0, 0.1) is 6.92 Å². The number of hydrogen-bond acceptors (Lipinski definition) is 6. The molecular formula is C26H29F3N2O5S. The van der Waals surface area contributed by atoms with Gasteiger partial charge in [0, 0.05) is 37.4 Å². The molecule has 2 N–H and O–H groups in total. The number of nitrogens with one attached hydrogen (secondary N) is 1. The minimum Gasteiger partial charge on any atom is -0.383 e. The van der Waals surface area contributed by atoms with E-state index in [0.717, 1.165) is 18.4 Å². The maximum absolute atomic E-state index is 13.5. The van der Waals surface area contributed by atoms with Gasteiger partial charge in [0.2, 0.25) is 0 Å². The van der Waals surface area contributed by atoms with Crippen molar-refractivity contribution in [2.24, 2.45) is 0 Å². The average molecular weight is 539 g/mol. The third-order valence-corrected chi connectivity index (χ3v) is 7.15. The fourth-order valence-corrected chi connectivity index (χ4v) is 4.72. The van der Waals surface area contributed by atoms with Crippen LogP contribution in [-0.4, -0.2) is 38.1 Å². The van der Waals surface area contributed by atoms with Crippen molar-refractivity contribution < 1.29 is 31.4 Å². The van der Waals surface area contributed by atoms with Gasteiger partial charge in [0.15, 0.2) is 15.3 Å². The van der Waals surface area contributed by atoms with Crippen molar-refractivity contribution in [3.05, 3.63) is 87.3 Å². The van der Waals surface area contributed by atoms with Gasteiger partial charge in [-0.05, 0) is 49.2 Å². The zero-order valence-electron chi connectivity index (χ0n) is 20.8. The highest BCUT2D eigenvalue weighted by molar-refractivity contribution is 7.90. The number of nitrogens with zero attached hydrogens (tertiary/aromatic N) is 1. The van der Waals surface area contributed by atoms with E-state index in [-0.39, 0.29) is 40.8 Å². The normalized spacial score (nSPS) is 13.9. The molecule has 1 heterocycles. The number of aliphatic hydroxyl groups is 1. The van der Waals surface area contributed by atoms with Crippen LogP contribution in [0.25, 0.3) is 11.1 Å². The Balaban J connectivity index is 2.03. The molecule has 0 aliphatic rings. The van der Waals surface area contributed by atoms with Gasteiger partial charge in [-0.1, -0.05) is 24.3 Å². The van der Waals surface area contributed by atoms with Gasteiger partial charge in [-0.15, -0.1) is 0 Å². The van der Waals surface area contributed by atoms with E-state index in [4.69, 9.17) is 4.74 Å². The van der Waals surface area contributed by atoms with E-state index in [0.29, 0.717) is 11.3 Å². The molecule has 0 saturated heterocycles. The van der Waals surface area contributed by atoms with E-state index in [9.17, 15) is 31.5 Å². The van der Waals surface area contributed by atoms with E-state index in [2.05, 4.69) is 5.32 Å². The molecule has 7 nitrogen and oxygen atoms in total. The summed E-state index contributed by atoms with van der Waals surface area (Å²) in [5, 5.41) is 13.7. The van der Waals surface area contributed by atoms with Crippen LogP contribution in [0.15, 0.2) is 64.4 Å². The largest absolute Gasteiger partial charge is 0.416 e. The molecule has 3 aromatic rings. The number of methoxy groups -OCH3 is 1. The molecule has 200 valence electrons. The molecule has 1 unspecified atom stereocenters. The summed E-state index contributed by atoms with van der Waals surface area (Å²) in [6.45, 7) is 3.83. The first kappa shape index (κ1) is 28.6. The van der Waals surface area contributed by atoms with Crippen LogP contribution in [0.3, 0.4) is 0 Å². The number of pyridine rings is 1. The lowest BCUT2D eigenvalue weighted by Crippen LogP contribution is -2.30. The Hall–Kier alpha value is -2.99. The molecule has 37 heavy (non-hydrogen) atoms. The summed E-state index contributed by atoms with van der Waals surface area (Å²) < 4.78 is 70.3. The molecular weight excluding hydrogens is 509 g/mol. The highest BCUT2D eigenvalue weighted by Gasteiger charge is 2.31. The van der Waals surface area contributed by atoms with Crippen molar-refractivity contribution >= 4 is 9.84 Å². The Labute approximate surface area is 213 Å². The van der Waals surface area contributed by atoms with E-state index in [1.807, 2.05) is 6.92 Å². The van der Waals surface area contributed by atoms with Gasteiger partial charge in [0.25, 0.3) is 0 Å². The van der Waals surface area contributed by atoms with E-state index in [1.54, 1.807) is 23.6 Å². The standard InChI is InChI=1S/C26H29F3N2O5S/c1-16(15-36-3)31-14-22(25(33)30-13-18-8-10-21(11-9-18)37(4,34)35)24(32)23(17(31)2)19-6-5-7-20(12-19)26(27,28)29/h5-12,14,16,25,30,33H,13,15H2,1-4H3/t16-,25?/m0/s1. The average Bonchev–Trinajstić information content (AvgIpc) is 2.82. The molecule has 0 radical (unpaired) electrons. The zero-order valence-corrected chi connectivity index (χ0v) is 21.7. The van der Waals surface area contributed by atoms with Gasteiger partial charge in [-0.25, -0.2) is 8.42 Å². The molecule has 0 fully saturated rings. The van der Waals surface area contributed by atoms with Crippen LogP contribution in [0.4, 0.5) is 13.2 Å². The van der Waals surface area contributed by atoms with Crippen LogP contribution in [0.2, 0.25) is 0 Å². The monoisotopic (exact) mass is 538 g/mol. The molecule has 0 amide bonds. The minimum absolute atomic E-state index is 0.0462. The lowest BCUT2D eigenvalue weighted by Gasteiger charge is -2.24. The molecule has 0 spiro atoms. The molecule has 0 aliphatic carbocycles. The number of benzene rings is 2.